The smallest absolute Gasteiger partial charge is 0.322 e. The van der Waals surface area contributed by atoms with Crippen molar-refractivity contribution >= 4 is 22.0 Å². The zero-order valence-electron chi connectivity index (χ0n) is 15.3. The van der Waals surface area contributed by atoms with Crippen molar-refractivity contribution in [2.75, 3.05) is 26.2 Å². The number of halogens is 1. The number of aromatic nitrogens is 2. The summed E-state index contributed by atoms with van der Waals surface area (Å²) in [5, 5.41) is 0. The number of nitrogens with zero attached hydrogens (tertiary/aromatic N) is 4. The first-order valence-corrected chi connectivity index (χ1v) is 10.2. The van der Waals surface area contributed by atoms with Crippen LogP contribution in [0.3, 0.4) is 0 Å². The Morgan fingerprint density at radius 2 is 1.76 bits per heavy atom. The van der Waals surface area contributed by atoms with E-state index in [1.54, 1.807) is 0 Å². The molecule has 10 nitrogen and oxygen atoms in total. The van der Waals surface area contributed by atoms with Crippen LogP contribution in [0.15, 0.2) is 47.8 Å². The Labute approximate surface area is 166 Å². The van der Waals surface area contributed by atoms with Gasteiger partial charge < -0.3 is 4.90 Å². The summed E-state index contributed by atoms with van der Waals surface area (Å²) in [6, 6.07) is 4.03. The molecule has 2 aromatic rings. The first-order valence-electron chi connectivity index (χ1n) is 8.75. The lowest BCUT2D eigenvalue weighted by atomic mass is 10.4. The van der Waals surface area contributed by atoms with Crippen LogP contribution in [0.25, 0.3) is 0 Å². The highest BCUT2D eigenvalue weighted by atomic mass is 32.2. The number of nitrogens with one attached hydrogen (secondary N) is 2. The second-order valence-electron chi connectivity index (χ2n) is 6.17. The van der Waals surface area contributed by atoms with Crippen LogP contribution in [0, 0.1) is 5.82 Å². The molecule has 3 amide bonds. The molecule has 154 valence electrons. The second-order valence-corrected chi connectivity index (χ2v) is 8.11. The van der Waals surface area contributed by atoms with Crippen molar-refractivity contribution in [2.24, 2.45) is 0 Å². The third-order valence-corrected chi connectivity index (χ3v) is 6.19. The minimum absolute atomic E-state index is 0.00645. The van der Waals surface area contributed by atoms with Gasteiger partial charge in [-0.25, -0.2) is 28.0 Å². The van der Waals surface area contributed by atoms with Crippen molar-refractivity contribution in [1.29, 1.82) is 0 Å². The highest BCUT2D eigenvalue weighted by molar-refractivity contribution is 7.89. The van der Waals surface area contributed by atoms with Gasteiger partial charge in [-0.1, -0.05) is 0 Å². The zero-order valence-corrected chi connectivity index (χ0v) is 16.1. The Kier molecular flexibility index (Phi) is 6.34. The van der Waals surface area contributed by atoms with Crippen LogP contribution >= 0.6 is 0 Å². The molecule has 1 aliphatic heterocycles. The molecule has 0 bridgehead atoms. The first kappa shape index (κ1) is 20.6. The molecule has 3 rings (SSSR count). The molecule has 0 atom stereocenters. The number of rotatable bonds is 3. The monoisotopic (exact) mass is 422 g/mol. The molecule has 1 saturated heterocycles. The van der Waals surface area contributed by atoms with Gasteiger partial charge in [0.1, 0.15) is 11.5 Å². The predicted octanol–water partition coefficient (Wildman–Crippen LogP) is 0.367. The van der Waals surface area contributed by atoms with Crippen LogP contribution in [-0.2, 0) is 10.0 Å². The van der Waals surface area contributed by atoms with E-state index in [0.29, 0.717) is 13.0 Å². The van der Waals surface area contributed by atoms with E-state index in [2.05, 4.69) is 20.8 Å². The summed E-state index contributed by atoms with van der Waals surface area (Å²) in [6.45, 7) is 0.732. The third kappa shape index (κ3) is 5.03. The fraction of sp³-hybridized carbons (Fsp3) is 0.294. The predicted molar refractivity (Wildman–Crippen MR) is 99.4 cm³/mol. The molecule has 1 aromatic heterocycles. The Balaban J connectivity index is 1.57. The quantitative estimate of drug-likeness (QED) is 0.689. The minimum Gasteiger partial charge on any atom is -0.322 e. The van der Waals surface area contributed by atoms with E-state index in [1.165, 1.54) is 39.9 Å². The van der Waals surface area contributed by atoms with Crippen molar-refractivity contribution in [3.8, 4) is 0 Å². The van der Waals surface area contributed by atoms with Crippen molar-refractivity contribution in [1.82, 2.24) is 30.0 Å². The average molecular weight is 422 g/mol. The van der Waals surface area contributed by atoms with E-state index >= 15 is 0 Å². The normalized spacial score (nSPS) is 15.4. The molecule has 1 aromatic carbocycles. The van der Waals surface area contributed by atoms with Gasteiger partial charge in [-0.15, -0.1) is 0 Å². The number of urea groups is 1. The fourth-order valence-corrected chi connectivity index (χ4v) is 4.23. The number of hydrogen-bond donors (Lipinski definition) is 2. The molecule has 1 aliphatic rings. The maximum atomic E-state index is 13.1. The average Bonchev–Trinajstić information content (AvgIpc) is 2.99. The van der Waals surface area contributed by atoms with Gasteiger partial charge in [0, 0.05) is 38.6 Å². The Morgan fingerprint density at radius 3 is 2.45 bits per heavy atom. The SMILES string of the molecule is O=C(NNC(=O)N1CCCN(S(=O)(=O)c2ccc(F)cc2)CC1)c1cnccn1. The fourth-order valence-electron chi connectivity index (χ4n) is 2.76. The van der Waals surface area contributed by atoms with Gasteiger partial charge in [0.25, 0.3) is 5.91 Å². The number of carbonyl (C=O) groups is 2. The summed E-state index contributed by atoms with van der Waals surface area (Å²) in [4.78, 5) is 33.2. The molecule has 0 aliphatic carbocycles. The van der Waals surface area contributed by atoms with Gasteiger partial charge in [0.2, 0.25) is 10.0 Å². The lowest BCUT2D eigenvalue weighted by Gasteiger charge is -2.22. The number of hydrazine groups is 1. The maximum Gasteiger partial charge on any atom is 0.336 e. The molecule has 0 saturated carbocycles. The summed E-state index contributed by atoms with van der Waals surface area (Å²) in [6.07, 6.45) is 4.43. The largest absolute Gasteiger partial charge is 0.336 e. The third-order valence-electron chi connectivity index (χ3n) is 4.27. The Morgan fingerprint density at radius 1 is 1.00 bits per heavy atom. The van der Waals surface area contributed by atoms with Crippen molar-refractivity contribution < 1.29 is 22.4 Å². The van der Waals surface area contributed by atoms with E-state index in [0.717, 1.165) is 12.1 Å². The van der Waals surface area contributed by atoms with Gasteiger partial charge in [-0.2, -0.15) is 4.31 Å². The molecule has 0 radical (unpaired) electrons. The minimum atomic E-state index is -3.79. The van der Waals surface area contributed by atoms with Gasteiger partial charge in [-0.05, 0) is 30.7 Å². The van der Waals surface area contributed by atoms with Crippen molar-refractivity contribution in [3.05, 3.63) is 54.4 Å². The van der Waals surface area contributed by atoms with Crippen molar-refractivity contribution in [2.45, 2.75) is 11.3 Å². The van der Waals surface area contributed by atoms with Crippen LogP contribution in [0.2, 0.25) is 0 Å². The number of carbonyl (C=O) groups excluding carboxylic acids is 2. The number of sulfonamides is 1. The van der Waals surface area contributed by atoms with E-state index < -0.39 is 27.8 Å². The summed E-state index contributed by atoms with van der Waals surface area (Å²) in [5.74, 6) is -1.15. The van der Waals surface area contributed by atoms with Gasteiger partial charge in [0.05, 0.1) is 11.1 Å². The summed E-state index contributed by atoms with van der Waals surface area (Å²) in [7, 11) is -3.79. The molecule has 29 heavy (non-hydrogen) atoms. The molecular weight excluding hydrogens is 403 g/mol. The van der Waals surface area contributed by atoms with E-state index in [4.69, 9.17) is 0 Å². The van der Waals surface area contributed by atoms with Gasteiger partial charge >= 0.3 is 6.03 Å². The van der Waals surface area contributed by atoms with Crippen LogP contribution in [0.4, 0.5) is 9.18 Å². The highest BCUT2D eigenvalue weighted by Crippen LogP contribution is 2.18. The lowest BCUT2D eigenvalue weighted by Crippen LogP contribution is -2.50. The Bertz CT molecular complexity index is 971. The molecular formula is C17H19FN6O4S. The molecule has 2 N–H and O–H groups in total. The topological polar surface area (TPSA) is 125 Å². The van der Waals surface area contributed by atoms with Crippen LogP contribution in [0.1, 0.15) is 16.9 Å². The lowest BCUT2D eigenvalue weighted by molar-refractivity contribution is 0.0924. The van der Waals surface area contributed by atoms with Gasteiger partial charge in [0.15, 0.2) is 0 Å². The van der Waals surface area contributed by atoms with Crippen molar-refractivity contribution in [3.63, 3.8) is 0 Å². The highest BCUT2D eigenvalue weighted by Gasteiger charge is 2.28. The molecule has 2 heterocycles. The standard InChI is InChI=1S/C17H19FN6O4S/c18-13-2-4-14(5-3-13)29(27,28)24-9-1-8-23(10-11-24)17(26)22-21-16(25)15-12-19-6-7-20-15/h2-7,12H,1,8-11H2,(H,21,25)(H,22,26). The summed E-state index contributed by atoms with van der Waals surface area (Å²) in [5.41, 5.74) is 4.56. The maximum absolute atomic E-state index is 13.1. The summed E-state index contributed by atoms with van der Waals surface area (Å²) < 4.78 is 39.7. The molecule has 12 heteroatoms. The van der Waals surface area contributed by atoms with Crippen LogP contribution in [0.5, 0.6) is 0 Å². The van der Waals surface area contributed by atoms with Crippen LogP contribution in [-0.4, -0.2) is 65.7 Å². The van der Waals surface area contributed by atoms with E-state index in [9.17, 15) is 22.4 Å². The van der Waals surface area contributed by atoms with Crippen LogP contribution < -0.4 is 10.9 Å². The van der Waals surface area contributed by atoms with E-state index in [1.807, 2.05) is 0 Å². The molecule has 0 spiro atoms. The number of benzene rings is 1. The van der Waals surface area contributed by atoms with E-state index in [-0.39, 0.29) is 30.2 Å². The first-order chi connectivity index (χ1) is 13.9. The summed E-state index contributed by atoms with van der Waals surface area (Å²) >= 11 is 0. The number of amides is 3. The molecule has 1 fully saturated rings. The Hall–Kier alpha value is -3.12. The second kappa shape index (κ2) is 8.92. The molecule has 0 unspecified atom stereocenters. The number of hydrogen-bond acceptors (Lipinski definition) is 6. The zero-order chi connectivity index (χ0) is 20.9. The van der Waals surface area contributed by atoms with Gasteiger partial charge in [-0.3, -0.25) is 15.2 Å².